The van der Waals surface area contributed by atoms with Gasteiger partial charge in [0.25, 0.3) is 0 Å². The molecule has 74 valence electrons. The molecule has 0 fully saturated rings. The van der Waals surface area contributed by atoms with Crippen LogP contribution >= 0.6 is 0 Å². The van der Waals surface area contributed by atoms with Gasteiger partial charge in [-0.1, -0.05) is 48.1 Å². The molecule has 0 spiro atoms. The van der Waals surface area contributed by atoms with E-state index >= 15 is 0 Å². The number of hydrogen-bond acceptors (Lipinski definition) is 0. The molecular formula is C15H14. The van der Waals surface area contributed by atoms with E-state index in [4.69, 9.17) is 0 Å². The van der Waals surface area contributed by atoms with Crippen LogP contribution in [0.3, 0.4) is 0 Å². The Morgan fingerprint density at radius 1 is 0.933 bits per heavy atom. The Kier molecular flexibility index (Phi) is 1.88. The smallest absolute Gasteiger partial charge is 0.0183 e. The van der Waals surface area contributed by atoms with Crippen molar-refractivity contribution < 1.29 is 0 Å². The van der Waals surface area contributed by atoms with Crippen molar-refractivity contribution in [3.8, 4) is 0 Å². The molecule has 0 aliphatic heterocycles. The Balaban J connectivity index is 2.13. The van der Waals surface area contributed by atoms with Gasteiger partial charge in [0.15, 0.2) is 0 Å². The van der Waals surface area contributed by atoms with Crippen molar-refractivity contribution in [2.24, 2.45) is 0 Å². The second-order valence-corrected chi connectivity index (χ2v) is 4.32. The van der Waals surface area contributed by atoms with Crippen LogP contribution in [0.1, 0.15) is 25.3 Å². The predicted molar refractivity (Wildman–Crippen MR) is 64.4 cm³/mol. The van der Waals surface area contributed by atoms with Crippen LogP contribution in [0, 0.1) is 0 Å². The Morgan fingerprint density at radius 3 is 2.53 bits per heavy atom. The molecule has 15 heavy (non-hydrogen) atoms. The summed E-state index contributed by atoms with van der Waals surface area (Å²) in [6.45, 7) is 2.18. The molecule has 0 heterocycles. The highest BCUT2D eigenvalue weighted by molar-refractivity contribution is 5.81. The van der Waals surface area contributed by atoms with Crippen LogP contribution in [-0.4, -0.2) is 0 Å². The van der Waals surface area contributed by atoms with Crippen molar-refractivity contribution in [1.29, 1.82) is 0 Å². The zero-order valence-corrected chi connectivity index (χ0v) is 8.96. The molecule has 0 aromatic heterocycles. The van der Waals surface area contributed by atoms with Crippen molar-refractivity contribution >= 4 is 5.57 Å². The van der Waals surface area contributed by atoms with Gasteiger partial charge in [0.2, 0.25) is 0 Å². The van der Waals surface area contributed by atoms with Crippen LogP contribution < -0.4 is 0 Å². The van der Waals surface area contributed by atoms with Crippen molar-refractivity contribution in [3.63, 3.8) is 0 Å². The third-order valence-corrected chi connectivity index (χ3v) is 3.21. The van der Waals surface area contributed by atoms with Crippen LogP contribution in [-0.2, 0) is 0 Å². The zero-order chi connectivity index (χ0) is 10.3. The Bertz CT molecular complexity index is 484. The number of rotatable bonds is 1. The van der Waals surface area contributed by atoms with Gasteiger partial charge in [0.05, 0.1) is 0 Å². The maximum absolute atomic E-state index is 2.32. The number of allylic oxidation sites excluding steroid dienone is 6. The molecule has 0 saturated heterocycles. The van der Waals surface area contributed by atoms with E-state index in [1.807, 2.05) is 0 Å². The van der Waals surface area contributed by atoms with Gasteiger partial charge in [-0.2, -0.15) is 0 Å². The molecule has 0 heteroatoms. The molecule has 0 N–H and O–H groups in total. The Labute approximate surface area is 90.6 Å². The molecule has 3 rings (SSSR count). The molecule has 0 amide bonds. The van der Waals surface area contributed by atoms with Crippen molar-refractivity contribution in [1.82, 2.24) is 0 Å². The van der Waals surface area contributed by atoms with Gasteiger partial charge in [0.1, 0.15) is 0 Å². The lowest BCUT2D eigenvalue weighted by Gasteiger charge is -2.02. The van der Waals surface area contributed by atoms with Gasteiger partial charge in [-0.05, 0) is 42.0 Å². The standard InChI is InChI=1S/C15H14/c1-11-9-13-7-8-14(15(13)10-11)12-5-3-2-4-6-12/h2-6,9-10H,7-8H2,1H3. The summed E-state index contributed by atoms with van der Waals surface area (Å²) in [6.07, 6.45) is 7.07. The maximum atomic E-state index is 2.32. The topological polar surface area (TPSA) is 0 Å². The Morgan fingerprint density at radius 2 is 1.73 bits per heavy atom. The molecule has 0 saturated carbocycles. The number of fused-ring (bicyclic) bond motifs is 1. The lowest BCUT2D eigenvalue weighted by molar-refractivity contribution is 1.07. The van der Waals surface area contributed by atoms with Gasteiger partial charge in [-0.3, -0.25) is 0 Å². The predicted octanol–water partition coefficient (Wildman–Crippen LogP) is 4.12. The second-order valence-electron chi connectivity index (χ2n) is 4.32. The van der Waals surface area contributed by atoms with Gasteiger partial charge in [-0.25, -0.2) is 0 Å². The molecule has 2 aliphatic carbocycles. The van der Waals surface area contributed by atoms with Crippen LogP contribution in [0.2, 0.25) is 0 Å². The highest BCUT2D eigenvalue weighted by Crippen LogP contribution is 2.42. The molecule has 0 bridgehead atoms. The summed E-state index contributed by atoms with van der Waals surface area (Å²) < 4.78 is 0. The zero-order valence-electron chi connectivity index (χ0n) is 8.96. The van der Waals surface area contributed by atoms with E-state index in [0.717, 1.165) is 0 Å². The molecule has 0 radical (unpaired) electrons. The summed E-state index contributed by atoms with van der Waals surface area (Å²) in [4.78, 5) is 0. The fourth-order valence-corrected chi connectivity index (χ4v) is 2.54. The normalized spacial score (nSPS) is 19.0. The van der Waals surface area contributed by atoms with Crippen molar-refractivity contribution in [2.45, 2.75) is 19.8 Å². The lowest BCUT2D eigenvalue weighted by atomic mass is 10.0. The molecule has 2 aliphatic rings. The molecule has 0 atom stereocenters. The maximum Gasteiger partial charge on any atom is -0.0183 e. The molecule has 1 aromatic carbocycles. The summed E-state index contributed by atoms with van der Waals surface area (Å²) in [7, 11) is 0. The largest absolute Gasteiger partial charge is 0.0622 e. The van der Waals surface area contributed by atoms with Gasteiger partial charge < -0.3 is 0 Å². The first-order valence-corrected chi connectivity index (χ1v) is 5.52. The quantitative estimate of drug-likeness (QED) is 0.630. The minimum atomic E-state index is 1.20. The van der Waals surface area contributed by atoms with Crippen molar-refractivity contribution in [2.75, 3.05) is 0 Å². The fraction of sp³-hybridized carbons (Fsp3) is 0.200. The summed E-state index contributed by atoms with van der Waals surface area (Å²) >= 11 is 0. The molecule has 0 nitrogen and oxygen atoms in total. The summed E-state index contributed by atoms with van der Waals surface area (Å²) in [5, 5.41) is 0. The van der Waals surface area contributed by atoms with Gasteiger partial charge in [-0.15, -0.1) is 0 Å². The first kappa shape index (κ1) is 8.72. The highest BCUT2D eigenvalue weighted by Gasteiger charge is 2.21. The summed E-state index contributed by atoms with van der Waals surface area (Å²) in [5.74, 6) is 0. The average molecular weight is 194 g/mol. The van der Waals surface area contributed by atoms with E-state index < -0.39 is 0 Å². The molecular weight excluding hydrogens is 180 g/mol. The lowest BCUT2D eigenvalue weighted by Crippen LogP contribution is -1.81. The summed E-state index contributed by atoms with van der Waals surface area (Å²) in [6, 6.07) is 10.8. The monoisotopic (exact) mass is 194 g/mol. The third-order valence-electron chi connectivity index (χ3n) is 3.21. The van der Waals surface area contributed by atoms with Gasteiger partial charge in [0, 0.05) is 0 Å². The first-order valence-electron chi connectivity index (χ1n) is 5.52. The fourth-order valence-electron chi connectivity index (χ4n) is 2.54. The molecule has 1 aromatic rings. The average Bonchev–Trinajstić information content (AvgIpc) is 2.77. The van der Waals surface area contributed by atoms with Crippen LogP contribution in [0.25, 0.3) is 5.57 Å². The van der Waals surface area contributed by atoms with E-state index in [-0.39, 0.29) is 0 Å². The second kappa shape index (κ2) is 3.23. The van der Waals surface area contributed by atoms with Crippen LogP contribution in [0.4, 0.5) is 0 Å². The van der Waals surface area contributed by atoms with E-state index in [0.29, 0.717) is 0 Å². The van der Waals surface area contributed by atoms with E-state index in [1.165, 1.54) is 40.7 Å². The molecule has 0 unspecified atom stereocenters. The first-order chi connectivity index (χ1) is 7.34. The van der Waals surface area contributed by atoms with Gasteiger partial charge >= 0.3 is 0 Å². The minimum Gasteiger partial charge on any atom is -0.0622 e. The van der Waals surface area contributed by atoms with Crippen LogP contribution in [0.15, 0.2) is 59.2 Å². The number of benzene rings is 1. The Hall–Kier alpha value is -1.56. The van der Waals surface area contributed by atoms with E-state index in [1.54, 1.807) is 0 Å². The van der Waals surface area contributed by atoms with E-state index in [9.17, 15) is 0 Å². The van der Waals surface area contributed by atoms with Crippen molar-refractivity contribution in [3.05, 3.63) is 64.8 Å². The van der Waals surface area contributed by atoms with E-state index in [2.05, 4.69) is 49.4 Å². The third kappa shape index (κ3) is 1.37. The number of hydrogen-bond donors (Lipinski definition) is 0. The van der Waals surface area contributed by atoms with Crippen LogP contribution in [0.5, 0.6) is 0 Å². The minimum absolute atomic E-state index is 1.20. The highest BCUT2D eigenvalue weighted by atomic mass is 14.3. The summed E-state index contributed by atoms with van der Waals surface area (Å²) in [5.41, 5.74) is 7.33. The SMILES string of the molecule is CC1=CC2=C(c3ccccc3)CCC2=C1.